The van der Waals surface area contributed by atoms with E-state index in [0.29, 0.717) is 52.3 Å². The van der Waals surface area contributed by atoms with E-state index in [1.54, 1.807) is 12.1 Å². The van der Waals surface area contributed by atoms with E-state index < -0.39 is 0 Å². The number of carbonyl (C=O) groups is 1. The molecule has 3 rings (SSSR count). The third kappa shape index (κ3) is 4.64. The summed E-state index contributed by atoms with van der Waals surface area (Å²) in [5.41, 5.74) is 1.03. The van der Waals surface area contributed by atoms with Gasteiger partial charge in [-0.2, -0.15) is 0 Å². The summed E-state index contributed by atoms with van der Waals surface area (Å²) in [5, 5.41) is 7.63. The van der Waals surface area contributed by atoms with Gasteiger partial charge in [0.2, 0.25) is 0 Å². The van der Waals surface area contributed by atoms with Crippen molar-refractivity contribution in [1.29, 1.82) is 0 Å². The molecule has 2 aromatic carbocycles. The number of hydrogen-bond acceptors (Lipinski definition) is 4. The first-order valence-corrected chi connectivity index (χ1v) is 9.17. The van der Waals surface area contributed by atoms with E-state index in [4.69, 9.17) is 23.2 Å². The van der Waals surface area contributed by atoms with Crippen molar-refractivity contribution in [3.8, 4) is 0 Å². The van der Waals surface area contributed by atoms with Gasteiger partial charge in [-0.05, 0) is 36.4 Å². The van der Waals surface area contributed by atoms with Gasteiger partial charge in [0.15, 0.2) is 0 Å². The SMILES string of the molecule is CCc1nc(NCCNC(=O)c2ccc(F)cc2)c2cc(Cl)cc(Cl)c2n1. The maximum atomic E-state index is 12.9. The molecule has 0 aliphatic rings. The molecule has 0 saturated heterocycles. The topological polar surface area (TPSA) is 66.9 Å². The first kappa shape index (κ1) is 19.3. The van der Waals surface area contributed by atoms with E-state index in [-0.39, 0.29) is 11.7 Å². The third-order valence-electron chi connectivity index (χ3n) is 3.89. The number of fused-ring (bicyclic) bond motifs is 1. The summed E-state index contributed by atoms with van der Waals surface area (Å²) >= 11 is 12.4. The maximum absolute atomic E-state index is 12.9. The van der Waals surface area contributed by atoms with E-state index in [2.05, 4.69) is 20.6 Å². The van der Waals surface area contributed by atoms with Crippen LogP contribution in [0.2, 0.25) is 10.0 Å². The Labute approximate surface area is 165 Å². The molecule has 0 atom stereocenters. The molecule has 3 aromatic rings. The lowest BCUT2D eigenvalue weighted by atomic mass is 10.2. The lowest BCUT2D eigenvalue weighted by Gasteiger charge is -2.12. The second-order valence-corrected chi connectivity index (χ2v) is 6.66. The van der Waals surface area contributed by atoms with Gasteiger partial charge >= 0.3 is 0 Å². The number of rotatable bonds is 6. The molecule has 0 radical (unpaired) electrons. The van der Waals surface area contributed by atoms with E-state index in [9.17, 15) is 9.18 Å². The first-order chi connectivity index (χ1) is 13.0. The van der Waals surface area contributed by atoms with Gasteiger partial charge in [-0.25, -0.2) is 14.4 Å². The number of halogens is 3. The van der Waals surface area contributed by atoms with Crippen molar-refractivity contribution in [1.82, 2.24) is 15.3 Å². The number of aromatic nitrogens is 2. The second kappa shape index (κ2) is 8.50. The normalized spacial score (nSPS) is 10.8. The Morgan fingerprint density at radius 1 is 1.11 bits per heavy atom. The van der Waals surface area contributed by atoms with Crippen molar-refractivity contribution in [2.45, 2.75) is 13.3 Å². The van der Waals surface area contributed by atoms with Crippen LogP contribution in [0.4, 0.5) is 10.2 Å². The Bertz CT molecular complexity index is 980. The zero-order chi connectivity index (χ0) is 19.4. The highest BCUT2D eigenvalue weighted by atomic mass is 35.5. The van der Waals surface area contributed by atoms with E-state index >= 15 is 0 Å². The van der Waals surface area contributed by atoms with Crippen LogP contribution in [0.1, 0.15) is 23.1 Å². The maximum Gasteiger partial charge on any atom is 0.251 e. The first-order valence-electron chi connectivity index (χ1n) is 8.41. The monoisotopic (exact) mass is 406 g/mol. The van der Waals surface area contributed by atoms with Gasteiger partial charge in [-0.1, -0.05) is 30.1 Å². The number of nitrogens with one attached hydrogen (secondary N) is 2. The Morgan fingerprint density at radius 2 is 1.85 bits per heavy atom. The van der Waals surface area contributed by atoms with Crippen LogP contribution >= 0.6 is 23.2 Å². The number of hydrogen-bond donors (Lipinski definition) is 2. The molecule has 8 heteroatoms. The van der Waals surface area contributed by atoms with Gasteiger partial charge < -0.3 is 10.6 Å². The smallest absolute Gasteiger partial charge is 0.251 e. The van der Waals surface area contributed by atoms with Crippen molar-refractivity contribution in [2.24, 2.45) is 0 Å². The van der Waals surface area contributed by atoms with Gasteiger partial charge in [-0.15, -0.1) is 0 Å². The predicted octanol–water partition coefficient (Wildman–Crippen LogP) is 4.48. The van der Waals surface area contributed by atoms with Gasteiger partial charge in [0, 0.05) is 35.5 Å². The number of benzene rings is 2. The van der Waals surface area contributed by atoms with Gasteiger partial charge in [0.05, 0.1) is 10.5 Å². The van der Waals surface area contributed by atoms with Crippen molar-refractivity contribution in [3.05, 3.63) is 63.6 Å². The van der Waals surface area contributed by atoms with E-state index in [1.165, 1.54) is 24.3 Å². The molecule has 0 unspecified atom stereocenters. The van der Waals surface area contributed by atoms with Crippen molar-refractivity contribution in [2.75, 3.05) is 18.4 Å². The van der Waals surface area contributed by atoms with Crippen molar-refractivity contribution in [3.63, 3.8) is 0 Å². The molecule has 0 aliphatic heterocycles. The van der Waals surface area contributed by atoms with E-state index in [1.807, 2.05) is 6.92 Å². The number of amides is 1. The average Bonchev–Trinajstić information content (AvgIpc) is 2.65. The number of nitrogens with zero attached hydrogens (tertiary/aromatic N) is 2. The van der Waals surface area contributed by atoms with Crippen LogP contribution in [0.25, 0.3) is 10.9 Å². The number of carbonyl (C=O) groups excluding carboxylic acids is 1. The Kier molecular flexibility index (Phi) is 6.08. The molecule has 1 heterocycles. The fourth-order valence-electron chi connectivity index (χ4n) is 2.56. The lowest BCUT2D eigenvalue weighted by molar-refractivity contribution is 0.0955. The molecule has 1 amide bonds. The summed E-state index contributed by atoms with van der Waals surface area (Å²) in [5.74, 6) is 0.611. The highest BCUT2D eigenvalue weighted by molar-refractivity contribution is 6.38. The van der Waals surface area contributed by atoms with Crippen LogP contribution in [0, 0.1) is 5.82 Å². The fraction of sp³-hybridized carbons (Fsp3) is 0.211. The summed E-state index contributed by atoms with van der Waals surface area (Å²) in [7, 11) is 0. The molecule has 0 saturated carbocycles. The molecule has 2 N–H and O–H groups in total. The van der Waals surface area contributed by atoms with E-state index in [0.717, 1.165) is 5.39 Å². The van der Waals surface area contributed by atoms with Crippen LogP contribution in [-0.2, 0) is 6.42 Å². The molecule has 0 fully saturated rings. The van der Waals surface area contributed by atoms with Crippen LogP contribution in [-0.4, -0.2) is 29.0 Å². The zero-order valence-electron chi connectivity index (χ0n) is 14.5. The third-order valence-corrected chi connectivity index (χ3v) is 4.40. The summed E-state index contributed by atoms with van der Waals surface area (Å²) in [6, 6.07) is 8.77. The molecule has 0 aliphatic carbocycles. The number of aryl methyl sites for hydroxylation is 1. The van der Waals surface area contributed by atoms with Crippen LogP contribution in [0.3, 0.4) is 0 Å². The average molecular weight is 407 g/mol. The second-order valence-electron chi connectivity index (χ2n) is 5.82. The molecule has 27 heavy (non-hydrogen) atoms. The quantitative estimate of drug-likeness (QED) is 0.592. The molecule has 1 aromatic heterocycles. The number of anilines is 1. The van der Waals surface area contributed by atoms with Crippen molar-refractivity contribution >= 4 is 45.8 Å². The fourth-order valence-corrected chi connectivity index (χ4v) is 3.09. The standard InChI is InChI=1S/C19H17Cl2FN4O/c1-2-16-25-17-14(9-12(20)10-15(17)21)18(26-16)23-7-8-24-19(27)11-3-5-13(22)6-4-11/h3-6,9-10H,2,7-8H2,1H3,(H,24,27)(H,23,25,26). The minimum Gasteiger partial charge on any atom is -0.368 e. The molecule has 0 bridgehead atoms. The predicted molar refractivity (Wildman–Crippen MR) is 106 cm³/mol. The van der Waals surface area contributed by atoms with Gasteiger partial charge in [0.1, 0.15) is 17.5 Å². The highest BCUT2D eigenvalue weighted by Crippen LogP contribution is 2.30. The minimum atomic E-state index is -0.382. The largest absolute Gasteiger partial charge is 0.368 e. The van der Waals surface area contributed by atoms with Crippen LogP contribution in [0.15, 0.2) is 36.4 Å². The zero-order valence-corrected chi connectivity index (χ0v) is 16.0. The van der Waals surface area contributed by atoms with Gasteiger partial charge in [-0.3, -0.25) is 4.79 Å². The molecule has 0 spiro atoms. The summed E-state index contributed by atoms with van der Waals surface area (Å²) in [6.07, 6.45) is 0.658. The van der Waals surface area contributed by atoms with Crippen molar-refractivity contribution < 1.29 is 9.18 Å². The summed E-state index contributed by atoms with van der Waals surface area (Å²) in [4.78, 5) is 21.0. The lowest BCUT2D eigenvalue weighted by Crippen LogP contribution is -2.29. The molecule has 140 valence electrons. The molecular weight excluding hydrogens is 390 g/mol. The Morgan fingerprint density at radius 3 is 2.56 bits per heavy atom. The molecular formula is C19H17Cl2FN4O. The van der Waals surface area contributed by atoms with Gasteiger partial charge in [0.25, 0.3) is 5.91 Å². The summed E-state index contributed by atoms with van der Waals surface area (Å²) in [6.45, 7) is 2.75. The Balaban J connectivity index is 1.69. The van der Waals surface area contributed by atoms with Crippen LogP contribution in [0.5, 0.6) is 0 Å². The van der Waals surface area contributed by atoms with Crippen LogP contribution < -0.4 is 10.6 Å². The highest BCUT2D eigenvalue weighted by Gasteiger charge is 2.11. The Hall–Kier alpha value is -2.44. The summed E-state index contributed by atoms with van der Waals surface area (Å²) < 4.78 is 12.9. The molecule has 5 nitrogen and oxygen atoms in total. The minimum absolute atomic E-state index is 0.273.